The molecule has 27 heavy (non-hydrogen) atoms. The van der Waals surface area contributed by atoms with Crippen LogP contribution >= 0.6 is 0 Å². The van der Waals surface area contributed by atoms with Gasteiger partial charge in [-0.15, -0.1) is 0 Å². The molecule has 0 saturated carbocycles. The van der Waals surface area contributed by atoms with Gasteiger partial charge < -0.3 is 15.0 Å². The highest BCUT2D eigenvalue weighted by Crippen LogP contribution is 2.33. The van der Waals surface area contributed by atoms with Crippen LogP contribution in [0, 0.1) is 16.0 Å². The molecule has 2 atom stereocenters. The summed E-state index contributed by atoms with van der Waals surface area (Å²) in [6, 6.07) is 7.45. The Morgan fingerprint density at radius 3 is 2.33 bits per heavy atom. The van der Waals surface area contributed by atoms with E-state index in [1.807, 2.05) is 4.90 Å². The zero-order valence-electron chi connectivity index (χ0n) is 15.5. The molecule has 0 spiro atoms. The third-order valence-electron chi connectivity index (χ3n) is 6.18. The maximum Gasteiger partial charge on any atom is 0.269 e. The number of nitrogens with one attached hydrogen (secondary N) is 1. The van der Waals surface area contributed by atoms with Gasteiger partial charge in [0.05, 0.1) is 4.92 Å². The van der Waals surface area contributed by atoms with Crippen molar-refractivity contribution in [2.75, 3.05) is 13.1 Å². The second kappa shape index (κ2) is 7.84. The van der Waals surface area contributed by atoms with Crippen LogP contribution in [-0.2, 0) is 4.79 Å². The molecule has 3 aliphatic rings. The number of hydrogen-bond acceptors (Lipinski definition) is 5. The Kier molecular flexibility index (Phi) is 5.29. The maximum atomic E-state index is 12.7. The molecule has 0 aliphatic carbocycles. The zero-order chi connectivity index (χ0) is 18.8. The fourth-order valence-electron chi connectivity index (χ4n) is 4.78. The molecule has 3 saturated heterocycles. The Balaban J connectivity index is 1.22. The summed E-state index contributed by atoms with van der Waals surface area (Å²) in [4.78, 5) is 24.9. The molecule has 1 amide bonds. The minimum absolute atomic E-state index is 0.0604. The van der Waals surface area contributed by atoms with Gasteiger partial charge in [-0.25, -0.2) is 0 Å². The van der Waals surface area contributed by atoms with Crippen molar-refractivity contribution in [2.24, 2.45) is 5.92 Å². The van der Waals surface area contributed by atoms with Gasteiger partial charge in [-0.2, -0.15) is 0 Å². The Morgan fingerprint density at radius 1 is 1.11 bits per heavy atom. The van der Waals surface area contributed by atoms with Crippen LogP contribution in [0.5, 0.6) is 5.75 Å². The van der Waals surface area contributed by atoms with Crippen LogP contribution in [-0.4, -0.2) is 47.0 Å². The van der Waals surface area contributed by atoms with Gasteiger partial charge in [-0.1, -0.05) is 0 Å². The van der Waals surface area contributed by atoms with Crippen molar-refractivity contribution >= 4 is 11.6 Å². The standard InChI is InChI=1S/C20H27N3O4/c24-20(13-14-11-15-1-2-16(12-14)21-15)22-9-7-19(8-10-22)27-18-5-3-17(4-6-18)23(25)26/h3-6,14-16,19,21H,1-2,7-13H2. The lowest BCUT2D eigenvalue weighted by atomic mass is 9.89. The van der Waals surface area contributed by atoms with Crippen molar-refractivity contribution in [1.29, 1.82) is 0 Å². The normalized spacial score (nSPS) is 28.1. The van der Waals surface area contributed by atoms with E-state index >= 15 is 0 Å². The predicted molar refractivity (Wildman–Crippen MR) is 101 cm³/mol. The van der Waals surface area contributed by atoms with Crippen LogP contribution in [0.2, 0.25) is 0 Å². The van der Waals surface area contributed by atoms with Gasteiger partial charge in [0.15, 0.2) is 0 Å². The third-order valence-corrected chi connectivity index (χ3v) is 6.18. The Bertz CT molecular complexity index is 673. The number of nitrogens with zero attached hydrogens (tertiary/aromatic N) is 2. The number of carbonyl (C=O) groups is 1. The summed E-state index contributed by atoms with van der Waals surface area (Å²) >= 11 is 0. The number of nitro benzene ring substituents is 1. The van der Waals surface area contributed by atoms with E-state index in [0.29, 0.717) is 30.2 Å². The number of hydrogen-bond donors (Lipinski definition) is 1. The van der Waals surface area contributed by atoms with Crippen LogP contribution in [0.15, 0.2) is 24.3 Å². The third kappa shape index (κ3) is 4.40. The molecule has 7 heteroatoms. The van der Waals surface area contributed by atoms with E-state index in [0.717, 1.165) is 38.8 Å². The SMILES string of the molecule is O=C(CC1CC2CCC(C1)N2)N1CCC(Oc2ccc([N+](=O)[O-])cc2)CC1. The molecule has 3 aliphatic heterocycles. The van der Waals surface area contributed by atoms with Crippen LogP contribution in [0.4, 0.5) is 5.69 Å². The molecule has 4 rings (SSSR count). The average molecular weight is 373 g/mol. The fourth-order valence-corrected chi connectivity index (χ4v) is 4.78. The molecular weight excluding hydrogens is 346 g/mol. The van der Waals surface area contributed by atoms with Gasteiger partial charge in [0.1, 0.15) is 11.9 Å². The van der Waals surface area contributed by atoms with E-state index in [-0.39, 0.29) is 17.7 Å². The number of fused-ring (bicyclic) bond motifs is 2. The van der Waals surface area contributed by atoms with Crippen molar-refractivity contribution in [1.82, 2.24) is 10.2 Å². The molecule has 0 radical (unpaired) electrons. The molecule has 2 unspecified atom stereocenters. The minimum atomic E-state index is -0.415. The number of piperidine rings is 2. The topological polar surface area (TPSA) is 84.7 Å². The predicted octanol–water partition coefficient (Wildman–Crippen LogP) is 2.89. The molecule has 3 fully saturated rings. The van der Waals surface area contributed by atoms with Crippen molar-refractivity contribution in [3.8, 4) is 5.75 Å². The number of carbonyl (C=O) groups excluding carboxylic acids is 1. The number of ether oxygens (including phenoxy) is 1. The second-order valence-electron chi connectivity index (χ2n) is 8.13. The second-order valence-corrected chi connectivity index (χ2v) is 8.13. The number of benzene rings is 1. The van der Waals surface area contributed by atoms with E-state index in [4.69, 9.17) is 4.74 Å². The summed E-state index contributed by atoms with van der Waals surface area (Å²) in [6.07, 6.45) is 7.17. The quantitative estimate of drug-likeness (QED) is 0.634. The lowest BCUT2D eigenvalue weighted by Crippen LogP contribution is -2.44. The van der Waals surface area contributed by atoms with Gasteiger partial charge in [-0.05, 0) is 43.7 Å². The number of amides is 1. The highest BCUT2D eigenvalue weighted by molar-refractivity contribution is 5.76. The molecule has 1 aromatic carbocycles. The maximum absolute atomic E-state index is 12.7. The van der Waals surface area contributed by atoms with E-state index in [2.05, 4.69) is 5.32 Å². The van der Waals surface area contributed by atoms with Gasteiger partial charge in [0, 0.05) is 56.6 Å². The summed E-state index contributed by atoms with van der Waals surface area (Å²) in [7, 11) is 0. The summed E-state index contributed by atoms with van der Waals surface area (Å²) in [6.45, 7) is 1.46. The van der Waals surface area contributed by atoms with E-state index in [9.17, 15) is 14.9 Å². The van der Waals surface area contributed by atoms with E-state index in [1.165, 1.54) is 25.0 Å². The number of non-ortho nitro benzene ring substituents is 1. The molecular formula is C20H27N3O4. The molecule has 1 N–H and O–H groups in total. The van der Waals surface area contributed by atoms with E-state index < -0.39 is 4.92 Å². The molecule has 3 heterocycles. The monoisotopic (exact) mass is 373 g/mol. The summed E-state index contributed by atoms with van der Waals surface area (Å²) < 4.78 is 5.94. The fraction of sp³-hybridized carbons (Fsp3) is 0.650. The first-order valence-electron chi connectivity index (χ1n) is 10.0. The first kappa shape index (κ1) is 18.2. The Hall–Kier alpha value is -2.15. The summed E-state index contributed by atoms with van der Waals surface area (Å²) in [5.74, 6) is 1.47. The Labute approximate surface area is 159 Å². The number of nitro groups is 1. The molecule has 7 nitrogen and oxygen atoms in total. The molecule has 146 valence electrons. The molecule has 2 bridgehead atoms. The highest BCUT2D eigenvalue weighted by Gasteiger charge is 2.35. The summed E-state index contributed by atoms with van der Waals surface area (Å²) in [5.41, 5.74) is 0.0640. The zero-order valence-corrected chi connectivity index (χ0v) is 15.5. The van der Waals surface area contributed by atoms with Gasteiger partial charge in [-0.3, -0.25) is 14.9 Å². The van der Waals surface area contributed by atoms with Crippen LogP contribution in [0.1, 0.15) is 44.9 Å². The number of rotatable bonds is 5. The average Bonchev–Trinajstić information content (AvgIpc) is 3.01. The van der Waals surface area contributed by atoms with Gasteiger partial charge >= 0.3 is 0 Å². The Morgan fingerprint density at radius 2 is 1.74 bits per heavy atom. The minimum Gasteiger partial charge on any atom is -0.490 e. The lowest BCUT2D eigenvalue weighted by Gasteiger charge is -2.34. The van der Waals surface area contributed by atoms with Crippen molar-refractivity contribution in [2.45, 2.75) is 63.1 Å². The number of likely N-dealkylation sites (tertiary alicyclic amines) is 1. The van der Waals surface area contributed by atoms with Crippen molar-refractivity contribution in [3.05, 3.63) is 34.4 Å². The van der Waals surface area contributed by atoms with Crippen molar-refractivity contribution < 1.29 is 14.5 Å². The first-order valence-corrected chi connectivity index (χ1v) is 10.0. The van der Waals surface area contributed by atoms with Crippen LogP contribution in [0.25, 0.3) is 0 Å². The van der Waals surface area contributed by atoms with Crippen LogP contribution < -0.4 is 10.1 Å². The molecule has 0 aromatic heterocycles. The lowest BCUT2D eigenvalue weighted by molar-refractivity contribution is -0.384. The van der Waals surface area contributed by atoms with Gasteiger partial charge in [0.2, 0.25) is 5.91 Å². The van der Waals surface area contributed by atoms with Crippen LogP contribution in [0.3, 0.4) is 0 Å². The first-order chi connectivity index (χ1) is 13.1. The van der Waals surface area contributed by atoms with Gasteiger partial charge in [0.25, 0.3) is 5.69 Å². The smallest absolute Gasteiger partial charge is 0.269 e. The largest absolute Gasteiger partial charge is 0.490 e. The van der Waals surface area contributed by atoms with E-state index in [1.54, 1.807) is 12.1 Å². The summed E-state index contributed by atoms with van der Waals surface area (Å²) in [5, 5.41) is 14.3. The highest BCUT2D eigenvalue weighted by atomic mass is 16.6. The van der Waals surface area contributed by atoms with Crippen molar-refractivity contribution in [3.63, 3.8) is 0 Å². The molecule has 1 aromatic rings.